The van der Waals surface area contributed by atoms with Gasteiger partial charge in [-0.25, -0.2) is 0 Å². The molecule has 4 fully saturated rings. The summed E-state index contributed by atoms with van der Waals surface area (Å²) in [4.78, 5) is 0. The first-order valence-corrected chi connectivity index (χ1v) is 49.6. The van der Waals surface area contributed by atoms with Gasteiger partial charge in [0.1, 0.15) is 79.4 Å². The summed E-state index contributed by atoms with van der Waals surface area (Å²) in [5.41, 5.74) is 8.88. The molecule has 4 aliphatic rings. The van der Waals surface area contributed by atoms with Gasteiger partial charge in [-0.3, -0.25) is 5.41 Å². The minimum Gasteiger partial charge on any atom is -0.445 e. The van der Waals surface area contributed by atoms with Gasteiger partial charge in [0, 0.05) is 0 Å². The standard InChI is InChI=1S/C109H122Cl3NO21Si/c1-74(2)135(75(3)4,76(5)6)134-107-98(123-70-85-56-34-15-35-57-85)94(119-66-81-48-26-11-27-49-81)100(128-101-89(114)91(116-63-78-42-20-8-21-43-78)95(120-67-82-50-28-12-29-51-82)102(130-101)124-71-86-58-36-16-37-59-86)106(132-107)129-99-93(118-65-80-46-24-10-25-47-80)96(121-68-83-52-30-13-31-53-83)103(125-72-87-60-38-17-39-61-87)131-104(99)126-73-88-90(115-62-77-40-18-7-19-41-77)92(117-64-79-44-22-9-23-45-79)97(122-69-84-54-32-14-33-55-84)105(127-88)133-108(113)109(110,111)112/h7-61,74-76,88-107,113-114H,62-73H2,1-6H3/t88-,89+,90-,91-,92+,93+,94+,95+,96+,97+,98+,99+,100+,101+,102+,103+,104+,105-,106?,107-/m1/s1. The highest BCUT2D eigenvalue weighted by atomic mass is 35.6. The predicted octanol–water partition coefficient (Wildman–Crippen LogP) is 21.2. The largest absolute Gasteiger partial charge is 0.445 e. The highest BCUT2D eigenvalue weighted by Gasteiger charge is 2.61. The van der Waals surface area contributed by atoms with Crippen LogP contribution in [0.25, 0.3) is 0 Å². The van der Waals surface area contributed by atoms with Gasteiger partial charge in [0.25, 0.3) is 3.79 Å². The van der Waals surface area contributed by atoms with Gasteiger partial charge in [-0.05, 0) is 77.8 Å². The zero-order valence-corrected chi connectivity index (χ0v) is 80.0. The maximum absolute atomic E-state index is 13.9. The number of aliphatic hydroxyl groups is 1. The Bertz CT molecular complexity index is 5190. The summed E-state index contributed by atoms with van der Waals surface area (Å²) < 4.78 is 146. The highest BCUT2D eigenvalue weighted by molar-refractivity contribution is 6.77. The van der Waals surface area contributed by atoms with Gasteiger partial charge < -0.3 is 99.5 Å². The van der Waals surface area contributed by atoms with Crippen molar-refractivity contribution in [1.82, 2.24) is 0 Å². The lowest BCUT2D eigenvalue weighted by atomic mass is 9.97. The molecule has 0 saturated carbocycles. The zero-order valence-electron chi connectivity index (χ0n) is 76.8. The van der Waals surface area contributed by atoms with Crippen LogP contribution in [-0.4, -0.2) is 153 Å². The smallest absolute Gasteiger partial charge is 0.265 e. The lowest BCUT2D eigenvalue weighted by Crippen LogP contribution is -2.69. The van der Waals surface area contributed by atoms with E-state index in [0.29, 0.717) is 0 Å². The molecule has 4 aliphatic heterocycles. The Hall–Kier alpha value is -8.82. The van der Waals surface area contributed by atoms with Gasteiger partial charge in [0.05, 0.1) is 79.3 Å². The highest BCUT2D eigenvalue weighted by Crippen LogP contribution is 2.48. The van der Waals surface area contributed by atoms with Crippen molar-refractivity contribution in [1.29, 1.82) is 5.41 Å². The van der Waals surface area contributed by atoms with Crippen LogP contribution in [0.1, 0.15) is 103 Å². The number of nitrogens with one attached hydrogen (secondary N) is 1. The number of hydrogen-bond donors (Lipinski definition) is 2. The molecular formula is C109H122Cl3NO21Si. The van der Waals surface area contributed by atoms with Crippen molar-refractivity contribution in [2.24, 2.45) is 0 Å². The molecule has 135 heavy (non-hydrogen) atoms. The van der Waals surface area contributed by atoms with Crippen molar-refractivity contribution in [2.45, 2.75) is 258 Å². The van der Waals surface area contributed by atoms with Crippen LogP contribution in [0.5, 0.6) is 0 Å². The molecule has 714 valence electrons. The Balaban J connectivity index is 0.922. The summed E-state index contributed by atoms with van der Waals surface area (Å²) in [5.74, 6) is -0.772. The normalized spacial score (nSPS) is 25.6. The molecule has 0 aromatic heterocycles. The maximum atomic E-state index is 13.9. The number of rotatable bonds is 46. The second kappa shape index (κ2) is 50.7. The van der Waals surface area contributed by atoms with Gasteiger partial charge >= 0.3 is 0 Å². The molecule has 0 spiro atoms. The van der Waals surface area contributed by atoms with E-state index in [9.17, 15) is 10.5 Å². The monoisotopic (exact) mass is 1910 g/mol. The van der Waals surface area contributed by atoms with Gasteiger partial charge in [-0.15, -0.1) is 0 Å². The van der Waals surface area contributed by atoms with Crippen LogP contribution in [0.3, 0.4) is 0 Å². The summed E-state index contributed by atoms with van der Waals surface area (Å²) in [6.45, 7) is 12.9. The summed E-state index contributed by atoms with van der Waals surface area (Å²) in [7, 11) is -3.17. The third-order valence-corrected chi connectivity index (χ3v) is 31.1. The molecule has 0 bridgehead atoms. The van der Waals surface area contributed by atoms with Crippen LogP contribution in [0.15, 0.2) is 334 Å². The topological polar surface area (TPSA) is 229 Å². The Morgan fingerprint density at radius 1 is 0.267 bits per heavy atom. The minimum absolute atomic E-state index is 0.00706. The van der Waals surface area contributed by atoms with Crippen LogP contribution in [0.2, 0.25) is 16.6 Å². The molecule has 11 aromatic carbocycles. The van der Waals surface area contributed by atoms with E-state index in [-0.39, 0.29) is 89.3 Å². The van der Waals surface area contributed by atoms with Gasteiger partial charge in [-0.1, -0.05) is 410 Å². The van der Waals surface area contributed by atoms with E-state index in [1.54, 1.807) is 0 Å². The molecule has 1 unspecified atom stereocenters. The molecule has 0 amide bonds. The first-order valence-electron chi connectivity index (χ1n) is 46.3. The summed E-state index contributed by atoms with van der Waals surface area (Å²) in [5, 5.41) is 23.2. The number of alkyl halides is 3. The van der Waals surface area contributed by atoms with Gasteiger partial charge in [0.15, 0.2) is 37.7 Å². The minimum atomic E-state index is -3.17. The number of ether oxygens (including phenoxy) is 19. The van der Waals surface area contributed by atoms with E-state index in [1.165, 1.54) is 0 Å². The molecule has 26 heteroatoms. The Morgan fingerprint density at radius 3 is 0.793 bits per heavy atom. The SMILES string of the molecule is CC(C)[Si](O[C@H]1OC(O[C@@H]2[C@@H](OC[C@H]3O[C@H](OC(=N)C(Cl)(Cl)Cl)[C@@H](OCc4ccccc4)[C@@H](OCc4ccccc4)[C@@H]3OCc3ccccc3)O[C@H](OCc3ccccc3)[C@@H](OCc3ccccc3)[C@@H]2OCc2ccccc2)[C@@H](O[C@H]2O[C@H](OCc3ccccc3)[C@@H](OCc3ccccc3)[C@H](OCc3ccccc3)[C@@H]2O)[C@@H](OCc2ccccc2)[C@@H]1OCc1ccccc1)(C(C)C)C(C)C. The van der Waals surface area contributed by atoms with Crippen LogP contribution >= 0.6 is 34.8 Å². The molecule has 22 nitrogen and oxygen atoms in total. The molecule has 11 aromatic rings. The first kappa shape index (κ1) is 101. The van der Waals surface area contributed by atoms with E-state index in [1.807, 2.05) is 334 Å². The fourth-order valence-electron chi connectivity index (χ4n) is 17.8. The number of benzene rings is 11. The van der Waals surface area contributed by atoms with Gasteiger partial charge in [0.2, 0.25) is 20.5 Å². The van der Waals surface area contributed by atoms with E-state index in [4.69, 9.17) is 129 Å². The lowest BCUT2D eigenvalue weighted by molar-refractivity contribution is -0.432. The van der Waals surface area contributed by atoms with Crippen LogP contribution in [-0.2, 0) is 167 Å². The third kappa shape index (κ3) is 28.1. The predicted molar refractivity (Wildman–Crippen MR) is 515 cm³/mol. The molecule has 15 rings (SSSR count). The van der Waals surface area contributed by atoms with Crippen molar-refractivity contribution in [3.05, 3.63) is 395 Å². The summed E-state index contributed by atoms with van der Waals surface area (Å²) >= 11 is 19.8. The van der Waals surface area contributed by atoms with Crippen molar-refractivity contribution in [3.8, 4) is 0 Å². The second-order valence-electron chi connectivity index (χ2n) is 35.0. The summed E-state index contributed by atoms with van der Waals surface area (Å²) in [6, 6.07) is 107. The molecular weight excluding hydrogens is 1790 g/mol. The number of halogens is 3. The average molecular weight is 1920 g/mol. The van der Waals surface area contributed by atoms with E-state index in [2.05, 4.69) is 41.5 Å². The first-order chi connectivity index (χ1) is 65.9. The number of hydrogen-bond acceptors (Lipinski definition) is 22. The fraction of sp³-hybridized carbons (Fsp3) is 0.385. The zero-order chi connectivity index (χ0) is 93.7. The number of aliphatic hydroxyl groups excluding tert-OH is 1. The van der Waals surface area contributed by atoms with Gasteiger partial charge in [-0.2, -0.15) is 0 Å². The van der Waals surface area contributed by atoms with Crippen LogP contribution < -0.4 is 0 Å². The lowest BCUT2D eigenvalue weighted by Gasteiger charge is -2.53. The maximum Gasteiger partial charge on any atom is 0.265 e. The van der Waals surface area contributed by atoms with Crippen molar-refractivity contribution >= 4 is 49.0 Å². The van der Waals surface area contributed by atoms with E-state index >= 15 is 0 Å². The molecule has 2 N–H and O–H groups in total. The van der Waals surface area contributed by atoms with Crippen molar-refractivity contribution < 1.29 is 99.5 Å². The molecule has 4 heterocycles. The van der Waals surface area contributed by atoms with E-state index in [0.717, 1.165) is 61.2 Å². The Kier molecular flexibility index (Phi) is 37.8. The molecule has 4 saturated heterocycles. The molecule has 20 atom stereocenters. The third-order valence-electron chi connectivity index (χ3n) is 24.6. The molecule has 0 aliphatic carbocycles. The van der Waals surface area contributed by atoms with Crippen LogP contribution in [0, 0.1) is 5.41 Å². The molecule has 0 radical (unpaired) electrons. The second-order valence-corrected chi connectivity index (χ2v) is 42.7. The summed E-state index contributed by atoms with van der Waals surface area (Å²) in [6.07, 6.45) is -27.7. The Labute approximate surface area is 808 Å². The van der Waals surface area contributed by atoms with Crippen molar-refractivity contribution in [3.63, 3.8) is 0 Å². The van der Waals surface area contributed by atoms with Crippen LogP contribution in [0.4, 0.5) is 0 Å². The van der Waals surface area contributed by atoms with Crippen molar-refractivity contribution in [2.75, 3.05) is 6.61 Å². The quantitative estimate of drug-likeness (QED) is 0.0156. The fourth-order valence-corrected chi connectivity index (χ4v) is 23.4. The average Bonchev–Trinajstić information content (AvgIpc) is 0.759. The Morgan fingerprint density at radius 2 is 0.489 bits per heavy atom. The van der Waals surface area contributed by atoms with E-state index < -0.39 is 148 Å².